The van der Waals surface area contributed by atoms with Crippen LogP contribution in [0.1, 0.15) is 45.7 Å². The number of carbonyl (C=O) groups is 1. The average molecular weight is 467 g/mol. The van der Waals surface area contributed by atoms with Gasteiger partial charge in [0.15, 0.2) is 0 Å². The van der Waals surface area contributed by atoms with Crippen molar-refractivity contribution in [3.8, 4) is 0 Å². The Morgan fingerprint density at radius 3 is 2.52 bits per heavy atom. The number of carbonyl (C=O) groups excluding carboxylic acids is 1. The van der Waals surface area contributed by atoms with E-state index < -0.39 is 27.7 Å². The maximum absolute atomic E-state index is 12.4. The van der Waals surface area contributed by atoms with Crippen molar-refractivity contribution in [2.24, 2.45) is 0 Å². The van der Waals surface area contributed by atoms with Crippen molar-refractivity contribution < 1.29 is 22.4 Å². The van der Waals surface area contributed by atoms with Gasteiger partial charge in [0.1, 0.15) is 11.6 Å². The van der Waals surface area contributed by atoms with Crippen molar-refractivity contribution in [2.45, 2.75) is 50.1 Å². The van der Waals surface area contributed by atoms with Crippen LogP contribution in [0.5, 0.6) is 0 Å². The quantitative estimate of drug-likeness (QED) is 0.495. The van der Waals surface area contributed by atoms with Crippen LogP contribution in [-0.2, 0) is 40.6 Å². The number of aromatic nitrogens is 1. The Kier molecular flexibility index (Phi) is 5.20. The highest BCUT2D eigenvalue weighted by molar-refractivity contribution is 7.87. The number of nitrogens with zero attached hydrogens (tertiary/aromatic N) is 2. The Labute approximate surface area is 185 Å². The number of fused-ring (bicyclic) bond motifs is 2. The molecule has 0 saturated carbocycles. The Morgan fingerprint density at radius 2 is 1.90 bits per heavy atom. The normalized spacial score (nSPS) is 22.6. The molecule has 1 aliphatic heterocycles. The molecule has 3 aliphatic rings. The molecule has 0 spiro atoms. The Morgan fingerprint density at radius 1 is 1.23 bits per heavy atom. The lowest BCUT2D eigenvalue weighted by Crippen LogP contribution is -2.63. The van der Waals surface area contributed by atoms with Crippen LogP contribution >= 0.6 is 11.6 Å². The Balaban J connectivity index is 1.32. The van der Waals surface area contributed by atoms with E-state index in [1.807, 2.05) is 4.72 Å². The zero-order chi connectivity index (χ0) is 21.8. The van der Waals surface area contributed by atoms with E-state index >= 15 is 0 Å². The first-order valence-electron chi connectivity index (χ1n) is 10.3. The number of halogens is 1. The van der Waals surface area contributed by atoms with Gasteiger partial charge >= 0.3 is 16.1 Å². The molecule has 2 aliphatic carbocycles. The summed E-state index contributed by atoms with van der Waals surface area (Å²) in [6.45, 7) is 0.0702. The third kappa shape index (κ3) is 3.61. The summed E-state index contributed by atoms with van der Waals surface area (Å²) in [4.78, 5) is 16.6. The van der Waals surface area contributed by atoms with E-state index in [-0.39, 0.29) is 18.3 Å². The highest BCUT2D eigenvalue weighted by Crippen LogP contribution is 2.39. The van der Waals surface area contributed by atoms with E-state index in [2.05, 4.69) is 16.4 Å². The summed E-state index contributed by atoms with van der Waals surface area (Å²) in [5.41, 5.74) is 5.44. The van der Waals surface area contributed by atoms with Crippen molar-refractivity contribution in [3.05, 3.63) is 40.3 Å². The van der Waals surface area contributed by atoms with E-state index in [9.17, 15) is 13.2 Å². The number of aryl methyl sites for hydroxylation is 2. The van der Waals surface area contributed by atoms with E-state index in [0.29, 0.717) is 0 Å². The number of hydrogen-bond acceptors (Lipinski definition) is 7. The Bertz CT molecular complexity index is 1120. The number of rotatable bonds is 6. The van der Waals surface area contributed by atoms with Gasteiger partial charge in [-0.05, 0) is 60.8 Å². The van der Waals surface area contributed by atoms with Gasteiger partial charge < -0.3 is 14.5 Å². The van der Waals surface area contributed by atoms with Crippen LogP contribution in [0.4, 0.5) is 11.7 Å². The molecule has 31 heavy (non-hydrogen) atoms. The van der Waals surface area contributed by atoms with Crippen molar-refractivity contribution >= 4 is 39.4 Å². The van der Waals surface area contributed by atoms with Gasteiger partial charge in [-0.2, -0.15) is 12.7 Å². The maximum atomic E-state index is 12.4. The highest BCUT2D eigenvalue weighted by atomic mass is 35.5. The lowest BCUT2D eigenvalue weighted by atomic mass is 9.99. The lowest BCUT2D eigenvalue weighted by molar-refractivity contribution is -0.00665. The van der Waals surface area contributed by atoms with Gasteiger partial charge in [0, 0.05) is 19.3 Å². The molecule has 11 heteroatoms. The van der Waals surface area contributed by atoms with Crippen LogP contribution < -0.4 is 10.0 Å². The molecular weight excluding hydrogens is 444 g/mol. The van der Waals surface area contributed by atoms with E-state index in [1.54, 1.807) is 0 Å². The predicted molar refractivity (Wildman–Crippen MR) is 114 cm³/mol. The number of nitrogens with one attached hydrogen (secondary N) is 2. The fourth-order valence-electron chi connectivity index (χ4n) is 4.57. The number of methoxy groups -OCH3 is 1. The van der Waals surface area contributed by atoms with Crippen LogP contribution in [0.2, 0.25) is 0 Å². The van der Waals surface area contributed by atoms with Gasteiger partial charge in [0.05, 0.1) is 6.20 Å². The van der Waals surface area contributed by atoms with Gasteiger partial charge in [-0.1, -0.05) is 6.07 Å². The monoisotopic (exact) mass is 466 g/mol. The summed E-state index contributed by atoms with van der Waals surface area (Å²) in [7, 11) is -2.67. The molecule has 5 rings (SSSR count). The van der Waals surface area contributed by atoms with Crippen molar-refractivity contribution in [3.63, 3.8) is 0 Å². The summed E-state index contributed by atoms with van der Waals surface area (Å²) >= 11 is 6.01. The third-order valence-electron chi connectivity index (χ3n) is 6.21. The van der Waals surface area contributed by atoms with Crippen LogP contribution in [0, 0.1) is 0 Å². The van der Waals surface area contributed by atoms with Gasteiger partial charge in [-0.3, -0.25) is 4.79 Å². The number of benzene rings is 1. The summed E-state index contributed by atoms with van der Waals surface area (Å²) in [6.07, 6.45) is 7.15. The zero-order valence-electron chi connectivity index (χ0n) is 17.0. The molecule has 1 saturated heterocycles. The van der Waals surface area contributed by atoms with Crippen molar-refractivity contribution in [1.29, 1.82) is 0 Å². The molecule has 166 valence electrons. The first kappa shape index (κ1) is 20.7. The maximum Gasteiger partial charge on any atom is 0.305 e. The number of anilines is 2. The largest absolute Gasteiger partial charge is 0.418 e. The van der Waals surface area contributed by atoms with E-state index in [4.69, 9.17) is 20.8 Å². The molecule has 2 unspecified atom stereocenters. The van der Waals surface area contributed by atoms with Crippen LogP contribution in [-0.4, -0.2) is 48.9 Å². The second-order valence-corrected chi connectivity index (χ2v) is 10.1. The number of alkyl halides is 1. The standard InChI is InChI=1S/C20H23ClN4O5S/c1-29-16-10-25(18(16)21)31(27,28)24-19(26)15-9-22-20(30-15)23-17-13-6-2-4-11(13)8-12-5-3-7-14(12)17/h8-9,16,18H,2-7,10H2,1H3,(H,22,23)(H,24,26). The zero-order valence-corrected chi connectivity index (χ0v) is 18.6. The molecule has 2 N–H and O–H groups in total. The summed E-state index contributed by atoms with van der Waals surface area (Å²) in [5.74, 6) is -1.11. The smallest absolute Gasteiger partial charge is 0.305 e. The van der Waals surface area contributed by atoms with Crippen molar-refractivity contribution in [2.75, 3.05) is 19.0 Å². The van der Waals surface area contributed by atoms with Gasteiger partial charge in [-0.15, -0.1) is 11.6 Å². The van der Waals surface area contributed by atoms with Gasteiger partial charge in [0.2, 0.25) is 5.76 Å². The first-order chi connectivity index (χ1) is 14.9. The van der Waals surface area contributed by atoms with Crippen LogP contribution in [0.3, 0.4) is 0 Å². The Hall–Kier alpha value is -2.14. The van der Waals surface area contributed by atoms with E-state index in [0.717, 1.165) is 48.5 Å². The molecule has 2 atom stereocenters. The lowest BCUT2D eigenvalue weighted by Gasteiger charge is -2.41. The number of oxazole rings is 1. The molecule has 1 aromatic heterocycles. The summed E-state index contributed by atoms with van der Waals surface area (Å²) in [6, 6.07) is 2.49. The van der Waals surface area contributed by atoms with Gasteiger partial charge in [-0.25, -0.2) is 9.71 Å². The second kappa shape index (κ2) is 7.77. The predicted octanol–water partition coefficient (Wildman–Crippen LogP) is 2.27. The minimum Gasteiger partial charge on any atom is -0.418 e. The molecule has 2 heterocycles. The third-order valence-corrected chi connectivity index (χ3v) is 8.28. The molecule has 1 fully saturated rings. The van der Waals surface area contributed by atoms with Crippen LogP contribution in [0.15, 0.2) is 16.7 Å². The molecular formula is C20H23ClN4O5S. The summed E-state index contributed by atoms with van der Waals surface area (Å²) in [5, 5.41) is 3.25. The highest BCUT2D eigenvalue weighted by Gasteiger charge is 2.46. The molecule has 0 bridgehead atoms. The molecule has 2 aromatic rings. The average Bonchev–Trinajstić information content (AvgIpc) is 3.46. The molecule has 1 aromatic carbocycles. The van der Waals surface area contributed by atoms with Crippen molar-refractivity contribution in [1.82, 2.24) is 14.0 Å². The number of hydrogen-bond donors (Lipinski definition) is 2. The molecule has 0 radical (unpaired) electrons. The van der Waals surface area contributed by atoms with E-state index in [1.165, 1.54) is 35.6 Å². The topological polar surface area (TPSA) is 114 Å². The fourth-order valence-corrected chi connectivity index (χ4v) is 6.34. The fraction of sp³-hybridized carbons (Fsp3) is 0.500. The first-order valence-corrected chi connectivity index (χ1v) is 12.1. The second-order valence-electron chi connectivity index (χ2n) is 8.04. The minimum absolute atomic E-state index is 0.0702. The SMILES string of the molecule is COC1CN(S(=O)(=O)NC(=O)c2cnc(Nc3c4c(cc5c3CCC5)CCC4)o2)C1Cl. The number of ether oxygens (including phenoxy) is 1. The van der Waals surface area contributed by atoms with Crippen LogP contribution in [0.25, 0.3) is 0 Å². The molecule has 1 amide bonds. The number of amides is 1. The summed E-state index contributed by atoms with van der Waals surface area (Å²) < 4.78 is 38.3. The van der Waals surface area contributed by atoms with Gasteiger partial charge in [0.25, 0.3) is 6.01 Å². The minimum atomic E-state index is -4.12. The molecule has 9 nitrogen and oxygen atoms in total.